The molecule has 0 spiro atoms. The molecule has 0 bridgehead atoms. The van der Waals surface area contributed by atoms with Gasteiger partial charge in [0.25, 0.3) is 0 Å². The Labute approximate surface area is 101 Å². The number of hydrogen-bond acceptors (Lipinski definition) is 2. The molecule has 2 heterocycles. The monoisotopic (exact) mass is 228 g/mol. The number of benzene rings is 1. The van der Waals surface area contributed by atoms with Crippen LogP contribution >= 0.6 is 0 Å². The Morgan fingerprint density at radius 1 is 1.35 bits per heavy atom. The molecule has 1 unspecified atom stereocenters. The molecular weight excluding hydrogens is 212 g/mol. The molecular formula is C14H16N2O. The number of hydrogen-bond donors (Lipinski definition) is 0. The van der Waals surface area contributed by atoms with E-state index in [9.17, 15) is 4.79 Å². The lowest BCUT2D eigenvalue weighted by molar-refractivity contribution is -0.120. The van der Waals surface area contributed by atoms with Gasteiger partial charge in [-0.2, -0.15) is 0 Å². The van der Waals surface area contributed by atoms with Crippen LogP contribution in [0.25, 0.3) is 0 Å². The van der Waals surface area contributed by atoms with Crippen LogP contribution in [0.1, 0.15) is 17.5 Å². The molecule has 0 radical (unpaired) electrons. The predicted octanol–water partition coefficient (Wildman–Crippen LogP) is 1.84. The zero-order valence-electron chi connectivity index (χ0n) is 10.0. The van der Waals surface area contributed by atoms with Crippen molar-refractivity contribution in [3.05, 3.63) is 29.3 Å². The number of rotatable bonds is 1. The van der Waals surface area contributed by atoms with Crippen molar-refractivity contribution >= 4 is 17.8 Å². The molecule has 2 aliphatic heterocycles. The van der Waals surface area contributed by atoms with Crippen LogP contribution in [-0.4, -0.2) is 25.7 Å². The second-order valence-corrected chi connectivity index (χ2v) is 4.72. The minimum Gasteiger partial charge on any atom is -0.311 e. The highest BCUT2D eigenvalue weighted by Gasteiger charge is 2.33. The third kappa shape index (κ3) is 1.57. The highest BCUT2D eigenvalue weighted by molar-refractivity contribution is 6.05. The summed E-state index contributed by atoms with van der Waals surface area (Å²) in [4.78, 5) is 18.4. The van der Waals surface area contributed by atoms with Crippen LogP contribution in [0, 0.1) is 5.92 Å². The smallest absolute Gasteiger partial charge is 0.235 e. The average Bonchev–Trinajstić information content (AvgIpc) is 2.72. The standard InChI is InChI=1S/C14H16N2O/c1-15-9-12-6-5-10-3-2-4-11-7-8-16(13(10)11)14(12)17/h2-4,9,12H,5-8H2,1H3. The van der Waals surface area contributed by atoms with Gasteiger partial charge in [0.05, 0.1) is 11.6 Å². The molecule has 17 heavy (non-hydrogen) atoms. The van der Waals surface area contributed by atoms with Crippen molar-refractivity contribution in [1.82, 2.24) is 0 Å². The normalized spacial score (nSPS) is 23.0. The number of nitrogens with zero attached hydrogens (tertiary/aromatic N) is 2. The van der Waals surface area contributed by atoms with Crippen molar-refractivity contribution in [3.8, 4) is 0 Å². The van der Waals surface area contributed by atoms with E-state index in [0.717, 1.165) is 25.8 Å². The summed E-state index contributed by atoms with van der Waals surface area (Å²) in [5, 5.41) is 0. The van der Waals surface area contributed by atoms with Crippen molar-refractivity contribution in [2.45, 2.75) is 19.3 Å². The lowest BCUT2D eigenvalue weighted by atomic mass is 9.99. The molecule has 2 aliphatic rings. The van der Waals surface area contributed by atoms with Crippen molar-refractivity contribution in [2.24, 2.45) is 10.9 Å². The number of anilines is 1. The molecule has 0 aliphatic carbocycles. The molecule has 3 heteroatoms. The van der Waals surface area contributed by atoms with Gasteiger partial charge in [-0.15, -0.1) is 0 Å². The highest BCUT2D eigenvalue weighted by atomic mass is 16.2. The number of para-hydroxylation sites is 1. The third-order valence-corrected chi connectivity index (χ3v) is 3.71. The minimum atomic E-state index is -0.0432. The predicted molar refractivity (Wildman–Crippen MR) is 68.7 cm³/mol. The van der Waals surface area contributed by atoms with E-state index >= 15 is 0 Å². The Balaban J connectivity index is 2.06. The zero-order valence-corrected chi connectivity index (χ0v) is 10.0. The maximum absolute atomic E-state index is 12.4. The van der Waals surface area contributed by atoms with E-state index in [0.29, 0.717) is 0 Å². The van der Waals surface area contributed by atoms with Crippen molar-refractivity contribution in [1.29, 1.82) is 0 Å². The van der Waals surface area contributed by atoms with Crippen molar-refractivity contribution < 1.29 is 4.79 Å². The van der Waals surface area contributed by atoms with E-state index in [1.807, 2.05) is 4.90 Å². The van der Waals surface area contributed by atoms with Crippen LogP contribution in [0.15, 0.2) is 23.2 Å². The van der Waals surface area contributed by atoms with Crippen LogP contribution in [0.3, 0.4) is 0 Å². The SMILES string of the molecule is CN=CC1CCc2cccc3c2N(CC3)C1=O. The molecule has 1 aromatic rings. The molecule has 0 N–H and O–H groups in total. The molecule has 1 amide bonds. The lowest BCUT2D eigenvalue weighted by Crippen LogP contribution is -2.34. The summed E-state index contributed by atoms with van der Waals surface area (Å²) in [5.74, 6) is 0.178. The quantitative estimate of drug-likeness (QED) is 0.675. The van der Waals surface area contributed by atoms with Crippen molar-refractivity contribution in [2.75, 3.05) is 18.5 Å². The molecule has 0 aromatic heterocycles. The Morgan fingerprint density at radius 3 is 2.88 bits per heavy atom. The van der Waals surface area contributed by atoms with E-state index in [4.69, 9.17) is 0 Å². The molecule has 88 valence electrons. The first kappa shape index (κ1) is 10.5. The van der Waals surface area contributed by atoms with Gasteiger partial charge >= 0.3 is 0 Å². The molecule has 0 fully saturated rings. The van der Waals surface area contributed by atoms with Gasteiger partial charge in [0.1, 0.15) is 0 Å². The maximum atomic E-state index is 12.4. The molecule has 0 saturated heterocycles. The Kier molecular flexibility index (Phi) is 2.46. The van der Waals surface area contributed by atoms with E-state index in [1.165, 1.54) is 16.8 Å². The van der Waals surface area contributed by atoms with Crippen LogP contribution in [0.5, 0.6) is 0 Å². The zero-order chi connectivity index (χ0) is 11.8. The van der Waals surface area contributed by atoms with Gasteiger partial charge in [-0.05, 0) is 30.4 Å². The summed E-state index contributed by atoms with van der Waals surface area (Å²) in [6, 6.07) is 6.40. The van der Waals surface area contributed by atoms with Crippen LogP contribution in [0.4, 0.5) is 5.69 Å². The number of aliphatic imine (C=N–C) groups is 1. The van der Waals surface area contributed by atoms with Gasteiger partial charge in [0, 0.05) is 19.8 Å². The van der Waals surface area contributed by atoms with Crippen molar-refractivity contribution in [3.63, 3.8) is 0 Å². The fourth-order valence-corrected chi connectivity index (χ4v) is 2.91. The second kappa shape index (κ2) is 3.99. The Hall–Kier alpha value is -1.64. The van der Waals surface area contributed by atoms with E-state index in [1.54, 1.807) is 13.3 Å². The fourth-order valence-electron chi connectivity index (χ4n) is 2.91. The molecule has 3 nitrogen and oxygen atoms in total. The summed E-state index contributed by atoms with van der Waals surface area (Å²) in [7, 11) is 1.74. The number of carbonyl (C=O) groups is 1. The van der Waals surface area contributed by atoms with Crippen LogP contribution < -0.4 is 4.90 Å². The second-order valence-electron chi connectivity index (χ2n) is 4.72. The number of aryl methyl sites for hydroxylation is 1. The fraction of sp³-hybridized carbons (Fsp3) is 0.429. The molecule has 3 rings (SSSR count). The number of amides is 1. The van der Waals surface area contributed by atoms with E-state index in [-0.39, 0.29) is 11.8 Å². The lowest BCUT2D eigenvalue weighted by Gasteiger charge is -2.19. The van der Waals surface area contributed by atoms with E-state index < -0.39 is 0 Å². The van der Waals surface area contributed by atoms with Gasteiger partial charge in [0.2, 0.25) is 5.91 Å². The Morgan fingerprint density at radius 2 is 2.12 bits per heavy atom. The minimum absolute atomic E-state index is 0.0432. The van der Waals surface area contributed by atoms with Gasteiger partial charge in [0.15, 0.2) is 0 Å². The van der Waals surface area contributed by atoms with Crippen LogP contribution in [0.2, 0.25) is 0 Å². The van der Waals surface area contributed by atoms with Crippen LogP contribution in [-0.2, 0) is 17.6 Å². The molecule has 1 atom stereocenters. The average molecular weight is 228 g/mol. The first-order chi connectivity index (χ1) is 8.31. The summed E-state index contributed by atoms with van der Waals surface area (Å²) in [6.07, 6.45) is 4.64. The largest absolute Gasteiger partial charge is 0.311 e. The van der Waals surface area contributed by atoms with Gasteiger partial charge in [-0.1, -0.05) is 18.2 Å². The summed E-state index contributed by atoms with van der Waals surface area (Å²) < 4.78 is 0. The summed E-state index contributed by atoms with van der Waals surface area (Å²) in [6.45, 7) is 0.833. The number of carbonyl (C=O) groups excluding carboxylic acids is 1. The molecule has 1 aromatic carbocycles. The maximum Gasteiger partial charge on any atom is 0.235 e. The van der Waals surface area contributed by atoms with Gasteiger partial charge in [-0.25, -0.2) is 0 Å². The van der Waals surface area contributed by atoms with E-state index in [2.05, 4.69) is 23.2 Å². The first-order valence-corrected chi connectivity index (χ1v) is 6.15. The summed E-state index contributed by atoms with van der Waals surface area (Å²) >= 11 is 0. The molecule has 0 saturated carbocycles. The highest BCUT2D eigenvalue weighted by Crippen LogP contribution is 2.36. The third-order valence-electron chi connectivity index (χ3n) is 3.71. The Bertz CT molecular complexity index is 493. The summed E-state index contributed by atoms with van der Waals surface area (Å²) in [5.41, 5.74) is 3.83. The van der Waals surface area contributed by atoms with Gasteiger partial charge < -0.3 is 9.89 Å². The first-order valence-electron chi connectivity index (χ1n) is 6.15. The topological polar surface area (TPSA) is 32.7 Å². The van der Waals surface area contributed by atoms with Gasteiger partial charge in [-0.3, -0.25) is 4.79 Å².